The van der Waals surface area contributed by atoms with E-state index in [1.165, 1.54) is 57.1 Å². The van der Waals surface area contributed by atoms with Gasteiger partial charge >= 0.3 is 0 Å². The Morgan fingerprint density at radius 2 is 1.89 bits per heavy atom. The summed E-state index contributed by atoms with van der Waals surface area (Å²) in [6, 6.07) is 0. The fourth-order valence-electron chi connectivity index (χ4n) is 2.56. The van der Waals surface area contributed by atoms with E-state index in [0.29, 0.717) is 11.8 Å². The van der Waals surface area contributed by atoms with Crippen molar-refractivity contribution >= 4 is 11.9 Å². The summed E-state index contributed by atoms with van der Waals surface area (Å²) in [4.78, 5) is 0. The van der Waals surface area contributed by atoms with Gasteiger partial charge in [0.15, 0.2) is 0 Å². The Labute approximate surface area is 113 Å². The summed E-state index contributed by atoms with van der Waals surface area (Å²) in [6.07, 6.45) is 13.8. The van der Waals surface area contributed by atoms with Gasteiger partial charge in [0.05, 0.1) is 0 Å². The summed E-state index contributed by atoms with van der Waals surface area (Å²) in [7, 11) is 0. The highest BCUT2D eigenvalue weighted by molar-refractivity contribution is 5.90. The van der Waals surface area contributed by atoms with Crippen LogP contribution in [0.2, 0.25) is 0 Å². The van der Waals surface area contributed by atoms with Crippen molar-refractivity contribution in [2.45, 2.75) is 78.6 Å². The first-order valence-corrected chi connectivity index (χ1v) is 7.87. The average Bonchev–Trinajstić information content (AvgIpc) is 2.39. The molecule has 0 saturated heterocycles. The van der Waals surface area contributed by atoms with Crippen LogP contribution in [0.25, 0.3) is 0 Å². The standard InChI is InChI=1S/C16H30N2/c1-4-6-8-10-14(3)16-12-15(13-17-18-16)11-9-7-5-2/h13-15H,4-12H2,1-3H3. The zero-order valence-corrected chi connectivity index (χ0v) is 12.5. The zero-order chi connectivity index (χ0) is 13.2. The van der Waals surface area contributed by atoms with Gasteiger partial charge in [-0.05, 0) is 25.2 Å². The molecular formula is C16H30N2. The number of unbranched alkanes of at least 4 members (excludes halogenated alkanes) is 4. The van der Waals surface area contributed by atoms with Crippen LogP contribution in [0, 0.1) is 11.8 Å². The maximum Gasteiger partial charge on any atom is 0.0440 e. The molecular weight excluding hydrogens is 220 g/mol. The summed E-state index contributed by atoms with van der Waals surface area (Å²) in [6.45, 7) is 6.84. The Kier molecular flexibility index (Phi) is 7.95. The van der Waals surface area contributed by atoms with Crippen molar-refractivity contribution < 1.29 is 0 Å². The molecule has 1 aliphatic heterocycles. The summed E-state index contributed by atoms with van der Waals surface area (Å²) in [5.41, 5.74) is 1.34. The molecule has 1 aliphatic rings. The van der Waals surface area contributed by atoms with Gasteiger partial charge < -0.3 is 0 Å². The molecule has 0 saturated carbocycles. The van der Waals surface area contributed by atoms with E-state index >= 15 is 0 Å². The van der Waals surface area contributed by atoms with E-state index in [4.69, 9.17) is 0 Å². The van der Waals surface area contributed by atoms with Crippen LogP contribution in [0.1, 0.15) is 78.6 Å². The number of hydrogen-bond donors (Lipinski definition) is 0. The largest absolute Gasteiger partial charge is 0.163 e. The molecule has 0 radical (unpaired) electrons. The van der Waals surface area contributed by atoms with E-state index in [1.54, 1.807) is 0 Å². The van der Waals surface area contributed by atoms with Crippen LogP contribution < -0.4 is 0 Å². The number of hydrogen-bond acceptors (Lipinski definition) is 2. The molecule has 0 N–H and O–H groups in total. The fraction of sp³-hybridized carbons (Fsp3) is 0.875. The van der Waals surface area contributed by atoms with E-state index in [2.05, 4.69) is 37.2 Å². The van der Waals surface area contributed by atoms with Crippen molar-refractivity contribution in [2.75, 3.05) is 0 Å². The maximum atomic E-state index is 4.37. The molecule has 0 amide bonds. The fourth-order valence-corrected chi connectivity index (χ4v) is 2.56. The van der Waals surface area contributed by atoms with E-state index in [9.17, 15) is 0 Å². The third-order valence-corrected chi connectivity index (χ3v) is 3.92. The summed E-state index contributed by atoms with van der Waals surface area (Å²) in [5.74, 6) is 1.28. The third kappa shape index (κ3) is 5.79. The second-order valence-electron chi connectivity index (χ2n) is 5.71. The lowest BCUT2D eigenvalue weighted by Crippen LogP contribution is -2.19. The lowest BCUT2D eigenvalue weighted by Gasteiger charge is -2.20. The van der Waals surface area contributed by atoms with Gasteiger partial charge in [0.1, 0.15) is 0 Å². The van der Waals surface area contributed by atoms with Crippen LogP contribution in [0.5, 0.6) is 0 Å². The van der Waals surface area contributed by atoms with Crippen LogP contribution in [0.3, 0.4) is 0 Å². The number of rotatable bonds is 9. The average molecular weight is 250 g/mol. The Morgan fingerprint density at radius 1 is 1.17 bits per heavy atom. The van der Waals surface area contributed by atoms with Crippen LogP contribution in [0.4, 0.5) is 0 Å². The molecule has 0 aromatic heterocycles. The quantitative estimate of drug-likeness (QED) is 0.501. The van der Waals surface area contributed by atoms with E-state index in [0.717, 1.165) is 6.42 Å². The highest BCUT2D eigenvalue weighted by Gasteiger charge is 2.18. The smallest absolute Gasteiger partial charge is 0.0440 e. The van der Waals surface area contributed by atoms with Crippen LogP contribution in [-0.2, 0) is 0 Å². The summed E-state index contributed by atoms with van der Waals surface area (Å²) >= 11 is 0. The first-order chi connectivity index (χ1) is 8.77. The monoisotopic (exact) mass is 250 g/mol. The molecule has 1 heterocycles. The Hall–Kier alpha value is -0.660. The van der Waals surface area contributed by atoms with Gasteiger partial charge in [-0.15, -0.1) is 0 Å². The predicted octanol–water partition coefficient (Wildman–Crippen LogP) is 5.23. The molecule has 2 heteroatoms. The second kappa shape index (κ2) is 9.29. The van der Waals surface area contributed by atoms with Gasteiger partial charge in [-0.1, -0.05) is 59.3 Å². The zero-order valence-electron chi connectivity index (χ0n) is 12.5. The van der Waals surface area contributed by atoms with Crippen LogP contribution in [-0.4, -0.2) is 11.9 Å². The molecule has 0 spiro atoms. The minimum absolute atomic E-state index is 0.627. The minimum Gasteiger partial charge on any atom is -0.163 e. The SMILES string of the molecule is CCCCCC1C=NN=C(C(C)CCCCC)C1. The molecule has 0 fully saturated rings. The van der Waals surface area contributed by atoms with Gasteiger partial charge in [-0.25, -0.2) is 0 Å². The van der Waals surface area contributed by atoms with Crippen LogP contribution in [0.15, 0.2) is 10.2 Å². The molecule has 0 bridgehead atoms. The maximum absolute atomic E-state index is 4.37. The third-order valence-electron chi connectivity index (χ3n) is 3.92. The molecule has 1 rings (SSSR count). The highest BCUT2D eigenvalue weighted by Crippen LogP contribution is 2.22. The van der Waals surface area contributed by atoms with Crippen molar-refractivity contribution in [2.24, 2.45) is 22.0 Å². The molecule has 0 aliphatic carbocycles. The van der Waals surface area contributed by atoms with Gasteiger partial charge in [-0.2, -0.15) is 10.2 Å². The molecule has 0 aromatic rings. The van der Waals surface area contributed by atoms with Crippen molar-refractivity contribution in [1.82, 2.24) is 0 Å². The van der Waals surface area contributed by atoms with Gasteiger partial charge in [0, 0.05) is 17.8 Å². The van der Waals surface area contributed by atoms with Gasteiger partial charge in [0.2, 0.25) is 0 Å². The first-order valence-electron chi connectivity index (χ1n) is 7.87. The Morgan fingerprint density at radius 3 is 2.61 bits per heavy atom. The first kappa shape index (κ1) is 15.4. The number of nitrogens with zero attached hydrogens (tertiary/aromatic N) is 2. The lowest BCUT2D eigenvalue weighted by molar-refractivity contribution is 0.548. The van der Waals surface area contributed by atoms with Crippen molar-refractivity contribution in [3.8, 4) is 0 Å². The molecule has 2 nitrogen and oxygen atoms in total. The second-order valence-corrected chi connectivity index (χ2v) is 5.71. The molecule has 2 atom stereocenters. The molecule has 18 heavy (non-hydrogen) atoms. The van der Waals surface area contributed by atoms with E-state index in [1.807, 2.05) is 0 Å². The molecule has 104 valence electrons. The van der Waals surface area contributed by atoms with Crippen molar-refractivity contribution in [3.05, 3.63) is 0 Å². The highest BCUT2D eigenvalue weighted by atomic mass is 15.2. The van der Waals surface area contributed by atoms with Crippen molar-refractivity contribution in [3.63, 3.8) is 0 Å². The van der Waals surface area contributed by atoms with Crippen molar-refractivity contribution in [1.29, 1.82) is 0 Å². The summed E-state index contributed by atoms with van der Waals surface area (Å²) in [5, 5.41) is 8.60. The normalized spacial score (nSPS) is 20.8. The molecule has 0 aromatic carbocycles. The Bertz CT molecular complexity index is 268. The minimum atomic E-state index is 0.627. The van der Waals surface area contributed by atoms with E-state index < -0.39 is 0 Å². The van der Waals surface area contributed by atoms with E-state index in [-0.39, 0.29) is 0 Å². The van der Waals surface area contributed by atoms with Crippen LogP contribution >= 0.6 is 0 Å². The Balaban J connectivity index is 2.29. The topological polar surface area (TPSA) is 24.7 Å². The predicted molar refractivity (Wildman–Crippen MR) is 81.5 cm³/mol. The lowest BCUT2D eigenvalue weighted by atomic mass is 9.88. The van der Waals surface area contributed by atoms with Gasteiger partial charge in [0.25, 0.3) is 0 Å². The summed E-state index contributed by atoms with van der Waals surface area (Å²) < 4.78 is 0. The van der Waals surface area contributed by atoms with Gasteiger partial charge in [-0.3, -0.25) is 0 Å². The molecule has 2 unspecified atom stereocenters.